The SMILES string of the molecule is CCC(CC)C(C)Nc1nc[nH]c(=O)c1Br. The second-order valence-corrected chi connectivity index (χ2v) is 4.70. The van der Waals surface area contributed by atoms with Gasteiger partial charge in [-0.2, -0.15) is 0 Å². The van der Waals surface area contributed by atoms with E-state index in [0.29, 0.717) is 22.3 Å². The van der Waals surface area contributed by atoms with Crippen LogP contribution in [0.1, 0.15) is 33.6 Å². The first kappa shape index (κ1) is 13.2. The molecule has 0 bridgehead atoms. The summed E-state index contributed by atoms with van der Waals surface area (Å²) in [5.41, 5.74) is -0.158. The van der Waals surface area contributed by atoms with Crippen molar-refractivity contribution in [3.05, 3.63) is 21.2 Å². The van der Waals surface area contributed by atoms with Gasteiger partial charge in [0.05, 0.1) is 6.33 Å². The summed E-state index contributed by atoms with van der Waals surface area (Å²) in [6.45, 7) is 6.46. The number of aromatic nitrogens is 2. The van der Waals surface area contributed by atoms with Crippen LogP contribution in [-0.2, 0) is 0 Å². The van der Waals surface area contributed by atoms with E-state index in [4.69, 9.17) is 0 Å². The van der Waals surface area contributed by atoms with Crippen molar-refractivity contribution in [2.24, 2.45) is 5.92 Å². The Bertz CT molecular complexity index is 387. The lowest BCUT2D eigenvalue weighted by atomic mass is 9.95. The van der Waals surface area contributed by atoms with E-state index in [1.165, 1.54) is 6.33 Å². The summed E-state index contributed by atoms with van der Waals surface area (Å²) in [6, 6.07) is 0.306. The molecule has 0 saturated carbocycles. The lowest BCUT2D eigenvalue weighted by Crippen LogP contribution is -2.26. The molecule has 5 heteroatoms. The zero-order valence-electron chi connectivity index (χ0n) is 9.88. The average Bonchev–Trinajstić information content (AvgIpc) is 2.26. The van der Waals surface area contributed by atoms with Gasteiger partial charge >= 0.3 is 0 Å². The van der Waals surface area contributed by atoms with Crippen LogP contribution in [-0.4, -0.2) is 16.0 Å². The number of rotatable bonds is 5. The van der Waals surface area contributed by atoms with Crippen LogP contribution < -0.4 is 10.9 Å². The highest BCUT2D eigenvalue weighted by Crippen LogP contribution is 2.20. The molecule has 1 aromatic heterocycles. The number of H-pyrrole nitrogens is 1. The number of nitrogens with one attached hydrogen (secondary N) is 2. The summed E-state index contributed by atoms with van der Waals surface area (Å²) < 4.78 is 0.466. The summed E-state index contributed by atoms with van der Waals surface area (Å²) in [6.07, 6.45) is 3.64. The van der Waals surface area contributed by atoms with Crippen molar-refractivity contribution in [2.75, 3.05) is 5.32 Å². The average molecular weight is 288 g/mol. The molecule has 2 N–H and O–H groups in total. The molecule has 0 saturated heterocycles. The number of aromatic amines is 1. The largest absolute Gasteiger partial charge is 0.366 e. The van der Waals surface area contributed by atoms with Gasteiger partial charge in [0, 0.05) is 6.04 Å². The summed E-state index contributed by atoms with van der Waals surface area (Å²) in [5.74, 6) is 1.20. The number of halogens is 1. The fourth-order valence-corrected chi connectivity index (χ4v) is 2.14. The molecule has 0 fully saturated rings. The monoisotopic (exact) mass is 287 g/mol. The van der Waals surface area contributed by atoms with Crippen LogP contribution in [0.3, 0.4) is 0 Å². The third kappa shape index (κ3) is 3.07. The first-order chi connectivity index (χ1) is 7.60. The van der Waals surface area contributed by atoms with E-state index < -0.39 is 0 Å². The Kier molecular flexibility index (Phi) is 4.99. The number of hydrogen-bond acceptors (Lipinski definition) is 3. The molecule has 16 heavy (non-hydrogen) atoms. The van der Waals surface area contributed by atoms with Crippen molar-refractivity contribution in [2.45, 2.75) is 39.7 Å². The van der Waals surface area contributed by atoms with Crippen molar-refractivity contribution in [3.8, 4) is 0 Å². The summed E-state index contributed by atoms with van der Waals surface area (Å²) in [5, 5.41) is 3.27. The molecule has 0 aliphatic heterocycles. The highest BCUT2D eigenvalue weighted by Gasteiger charge is 2.15. The van der Waals surface area contributed by atoms with Crippen LogP contribution in [0.25, 0.3) is 0 Å². The van der Waals surface area contributed by atoms with Crippen LogP contribution in [0.15, 0.2) is 15.6 Å². The maximum absolute atomic E-state index is 11.3. The van der Waals surface area contributed by atoms with Crippen LogP contribution in [0, 0.1) is 5.92 Å². The van der Waals surface area contributed by atoms with E-state index in [0.717, 1.165) is 12.8 Å². The van der Waals surface area contributed by atoms with Gasteiger partial charge in [-0.3, -0.25) is 4.79 Å². The van der Waals surface area contributed by atoms with Gasteiger partial charge in [-0.15, -0.1) is 0 Å². The van der Waals surface area contributed by atoms with E-state index >= 15 is 0 Å². The van der Waals surface area contributed by atoms with Gasteiger partial charge < -0.3 is 10.3 Å². The summed E-state index contributed by atoms with van der Waals surface area (Å²) >= 11 is 3.23. The molecule has 90 valence electrons. The van der Waals surface area contributed by atoms with Crippen LogP contribution in [0.2, 0.25) is 0 Å². The van der Waals surface area contributed by atoms with Crippen molar-refractivity contribution >= 4 is 21.7 Å². The molecular weight excluding hydrogens is 270 g/mol. The second kappa shape index (κ2) is 6.03. The summed E-state index contributed by atoms with van der Waals surface area (Å²) in [4.78, 5) is 18.0. The molecular formula is C11H18BrN3O. The zero-order chi connectivity index (χ0) is 12.1. The van der Waals surface area contributed by atoms with Gasteiger partial charge in [0.2, 0.25) is 0 Å². The van der Waals surface area contributed by atoms with E-state index in [1.807, 2.05) is 0 Å². The van der Waals surface area contributed by atoms with E-state index in [2.05, 4.69) is 52.0 Å². The number of nitrogens with zero attached hydrogens (tertiary/aromatic N) is 1. The highest BCUT2D eigenvalue weighted by atomic mass is 79.9. The summed E-state index contributed by atoms with van der Waals surface area (Å²) in [7, 11) is 0. The molecule has 0 aliphatic carbocycles. The number of anilines is 1. The minimum absolute atomic E-state index is 0.158. The topological polar surface area (TPSA) is 57.8 Å². The minimum Gasteiger partial charge on any atom is -0.366 e. The first-order valence-electron chi connectivity index (χ1n) is 5.59. The molecule has 0 aliphatic rings. The fourth-order valence-electron chi connectivity index (χ4n) is 1.81. The zero-order valence-corrected chi connectivity index (χ0v) is 11.5. The van der Waals surface area contributed by atoms with E-state index in [-0.39, 0.29) is 5.56 Å². The standard InChI is InChI=1S/C11H18BrN3O/c1-4-8(5-2)7(3)15-10-9(12)11(16)14-6-13-10/h6-8H,4-5H2,1-3H3,(H2,13,14,15,16). The van der Waals surface area contributed by atoms with Gasteiger partial charge in [-0.25, -0.2) is 4.98 Å². The Morgan fingerprint density at radius 2 is 2.12 bits per heavy atom. The Morgan fingerprint density at radius 1 is 1.50 bits per heavy atom. The lowest BCUT2D eigenvalue weighted by molar-refractivity contribution is 0.437. The third-order valence-electron chi connectivity index (χ3n) is 2.92. The Hall–Kier alpha value is -0.840. The van der Waals surface area contributed by atoms with Gasteiger partial charge in [-0.1, -0.05) is 26.7 Å². The van der Waals surface area contributed by atoms with Gasteiger partial charge in [-0.05, 0) is 28.8 Å². The molecule has 0 amide bonds. The fraction of sp³-hybridized carbons (Fsp3) is 0.636. The maximum Gasteiger partial charge on any atom is 0.267 e. The first-order valence-corrected chi connectivity index (χ1v) is 6.39. The quantitative estimate of drug-likeness (QED) is 0.876. The Labute approximate surface area is 104 Å². The molecule has 0 spiro atoms. The second-order valence-electron chi connectivity index (χ2n) is 3.90. The maximum atomic E-state index is 11.3. The van der Waals surface area contributed by atoms with Gasteiger partial charge in [0.15, 0.2) is 0 Å². The van der Waals surface area contributed by atoms with Crippen molar-refractivity contribution in [3.63, 3.8) is 0 Å². The third-order valence-corrected chi connectivity index (χ3v) is 3.65. The smallest absolute Gasteiger partial charge is 0.267 e. The molecule has 0 aromatic carbocycles. The van der Waals surface area contributed by atoms with Crippen molar-refractivity contribution in [1.82, 2.24) is 9.97 Å². The molecule has 1 aromatic rings. The Morgan fingerprint density at radius 3 is 2.69 bits per heavy atom. The van der Waals surface area contributed by atoms with E-state index in [1.54, 1.807) is 0 Å². The van der Waals surface area contributed by atoms with Crippen LogP contribution in [0.4, 0.5) is 5.82 Å². The molecule has 1 rings (SSSR count). The lowest BCUT2D eigenvalue weighted by Gasteiger charge is -2.23. The highest BCUT2D eigenvalue weighted by molar-refractivity contribution is 9.10. The molecule has 1 atom stereocenters. The normalized spacial score (nSPS) is 12.8. The van der Waals surface area contributed by atoms with E-state index in [9.17, 15) is 4.79 Å². The minimum atomic E-state index is -0.158. The number of hydrogen-bond donors (Lipinski definition) is 2. The van der Waals surface area contributed by atoms with Gasteiger partial charge in [0.25, 0.3) is 5.56 Å². The van der Waals surface area contributed by atoms with Crippen LogP contribution in [0.5, 0.6) is 0 Å². The molecule has 4 nitrogen and oxygen atoms in total. The van der Waals surface area contributed by atoms with Gasteiger partial charge in [0.1, 0.15) is 10.3 Å². The predicted molar refractivity (Wildman–Crippen MR) is 69.7 cm³/mol. The van der Waals surface area contributed by atoms with Crippen molar-refractivity contribution < 1.29 is 0 Å². The Balaban J connectivity index is 2.80. The molecule has 1 unspecified atom stereocenters. The molecule has 0 radical (unpaired) electrons. The predicted octanol–water partition coefficient (Wildman–Crippen LogP) is 2.77. The van der Waals surface area contributed by atoms with Crippen molar-refractivity contribution in [1.29, 1.82) is 0 Å². The molecule has 1 heterocycles. The van der Waals surface area contributed by atoms with Crippen LogP contribution >= 0.6 is 15.9 Å².